The van der Waals surface area contributed by atoms with Gasteiger partial charge < -0.3 is 15.7 Å². The van der Waals surface area contributed by atoms with Gasteiger partial charge in [0.05, 0.1) is 6.10 Å². The molecule has 1 saturated heterocycles. The second-order valence-electron chi connectivity index (χ2n) is 4.90. The van der Waals surface area contributed by atoms with E-state index in [1.165, 1.54) is 6.07 Å². The van der Waals surface area contributed by atoms with Crippen LogP contribution in [0.3, 0.4) is 0 Å². The molecule has 2 atom stereocenters. The molecule has 1 aromatic rings. The third-order valence-electron chi connectivity index (χ3n) is 3.49. The second-order valence-corrected chi connectivity index (χ2v) is 4.90. The van der Waals surface area contributed by atoms with Gasteiger partial charge in [-0.1, -0.05) is 6.92 Å². The van der Waals surface area contributed by atoms with E-state index in [0.29, 0.717) is 30.9 Å². The van der Waals surface area contributed by atoms with Crippen molar-refractivity contribution in [1.82, 2.24) is 0 Å². The summed E-state index contributed by atoms with van der Waals surface area (Å²) in [5.41, 5.74) is 6.40. The minimum atomic E-state index is -2.54. The molecule has 0 radical (unpaired) electrons. The summed E-state index contributed by atoms with van der Waals surface area (Å²) in [6.45, 7) is 3.11. The molecule has 5 heteroatoms. The fourth-order valence-corrected chi connectivity index (χ4v) is 2.39. The topological polar surface area (TPSA) is 49.5 Å². The van der Waals surface area contributed by atoms with Crippen molar-refractivity contribution in [3.8, 4) is 0 Å². The van der Waals surface area contributed by atoms with Crippen molar-refractivity contribution >= 4 is 11.4 Å². The Labute approximate surface area is 105 Å². The van der Waals surface area contributed by atoms with Gasteiger partial charge in [0.2, 0.25) is 0 Å². The molecule has 0 spiro atoms. The Kier molecular flexibility index (Phi) is 3.71. The highest BCUT2D eigenvalue weighted by molar-refractivity contribution is 5.60. The number of aliphatic hydroxyl groups excluding tert-OH is 1. The van der Waals surface area contributed by atoms with E-state index < -0.39 is 6.43 Å². The Morgan fingerprint density at radius 2 is 2.17 bits per heavy atom. The Morgan fingerprint density at radius 1 is 1.44 bits per heavy atom. The van der Waals surface area contributed by atoms with E-state index in [9.17, 15) is 13.9 Å². The maximum absolute atomic E-state index is 13.0. The highest BCUT2D eigenvalue weighted by Crippen LogP contribution is 2.33. The molecule has 2 unspecified atom stereocenters. The average molecular weight is 256 g/mol. The number of piperidine rings is 1. The van der Waals surface area contributed by atoms with E-state index in [1.54, 1.807) is 12.1 Å². The molecule has 0 bridgehead atoms. The van der Waals surface area contributed by atoms with Gasteiger partial charge in [-0.2, -0.15) is 0 Å². The summed E-state index contributed by atoms with van der Waals surface area (Å²) in [6, 6.07) is 4.61. The fourth-order valence-electron chi connectivity index (χ4n) is 2.39. The number of benzene rings is 1. The number of hydrogen-bond donors (Lipinski definition) is 2. The lowest BCUT2D eigenvalue weighted by atomic mass is 9.95. The van der Waals surface area contributed by atoms with E-state index in [0.717, 1.165) is 0 Å². The number of nitrogens with two attached hydrogens (primary N) is 1. The minimum Gasteiger partial charge on any atom is -0.399 e. The summed E-state index contributed by atoms with van der Waals surface area (Å²) in [7, 11) is 0. The van der Waals surface area contributed by atoms with E-state index >= 15 is 0 Å². The zero-order valence-electron chi connectivity index (χ0n) is 10.3. The molecule has 1 aliphatic rings. The van der Waals surface area contributed by atoms with Gasteiger partial charge in [-0.3, -0.25) is 0 Å². The molecule has 3 nitrogen and oxygen atoms in total. The Bertz CT molecular complexity index is 425. The summed E-state index contributed by atoms with van der Waals surface area (Å²) in [5.74, 6) is 0.0850. The number of halogens is 2. The third kappa shape index (κ3) is 2.56. The molecule has 0 aromatic heterocycles. The molecule has 3 N–H and O–H groups in total. The lowest BCUT2D eigenvalue weighted by Gasteiger charge is -2.37. The maximum atomic E-state index is 13.0. The van der Waals surface area contributed by atoms with Crippen LogP contribution < -0.4 is 10.6 Å². The molecule has 1 heterocycles. The molecule has 0 aliphatic carbocycles. The summed E-state index contributed by atoms with van der Waals surface area (Å²) in [5, 5.41) is 9.67. The van der Waals surface area contributed by atoms with Crippen LogP contribution >= 0.6 is 0 Å². The molecule has 18 heavy (non-hydrogen) atoms. The lowest BCUT2D eigenvalue weighted by Crippen LogP contribution is -2.42. The zero-order chi connectivity index (χ0) is 13.3. The van der Waals surface area contributed by atoms with E-state index in [-0.39, 0.29) is 17.6 Å². The van der Waals surface area contributed by atoms with Gasteiger partial charge in [0, 0.05) is 30.0 Å². The largest absolute Gasteiger partial charge is 0.399 e. The first-order chi connectivity index (χ1) is 8.49. The molecule has 2 rings (SSSR count). The Hall–Kier alpha value is -1.36. The first kappa shape index (κ1) is 13.1. The minimum absolute atomic E-state index is 0.0291. The number of nitrogens with zero attached hydrogens (tertiary/aromatic N) is 1. The van der Waals surface area contributed by atoms with Crippen LogP contribution in [0.1, 0.15) is 25.3 Å². The normalized spacial score (nSPS) is 24.6. The van der Waals surface area contributed by atoms with Crippen LogP contribution in [-0.2, 0) is 0 Å². The van der Waals surface area contributed by atoms with Crippen molar-refractivity contribution in [3.05, 3.63) is 23.8 Å². The molecule has 0 amide bonds. The Balaban J connectivity index is 2.28. The second kappa shape index (κ2) is 5.10. The lowest BCUT2D eigenvalue weighted by molar-refractivity contribution is 0.0966. The number of nitrogen functional groups attached to an aromatic ring is 1. The number of anilines is 2. The standard InChI is InChI=1S/C13H18F2N2O/c1-8-7-17(5-4-12(8)18)11-3-2-9(16)6-10(11)13(14)15/h2-3,6,8,12-13,18H,4-5,7,16H2,1H3. The molecule has 0 saturated carbocycles. The van der Waals surface area contributed by atoms with Crippen molar-refractivity contribution in [2.24, 2.45) is 5.92 Å². The van der Waals surface area contributed by atoms with Crippen LogP contribution in [0.15, 0.2) is 18.2 Å². The molecular weight excluding hydrogens is 238 g/mol. The van der Waals surface area contributed by atoms with Crippen molar-refractivity contribution in [1.29, 1.82) is 0 Å². The van der Waals surface area contributed by atoms with Crippen molar-refractivity contribution in [2.75, 3.05) is 23.7 Å². The Morgan fingerprint density at radius 3 is 2.78 bits per heavy atom. The predicted octanol–water partition coefficient (Wildman–Crippen LogP) is 2.41. The van der Waals surface area contributed by atoms with E-state index in [4.69, 9.17) is 5.73 Å². The number of hydrogen-bond acceptors (Lipinski definition) is 3. The van der Waals surface area contributed by atoms with E-state index in [1.807, 2.05) is 11.8 Å². The van der Waals surface area contributed by atoms with Gasteiger partial charge in [-0.05, 0) is 30.5 Å². The monoisotopic (exact) mass is 256 g/mol. The molecular formula is C13H18F2N2O. The SMILES string of the molecule is CC1CN(c2ccc(N)cc2C(F)F)CCC1O. The number of rotatable bonds is 2. The van der Waals surface area contributed by atoms with Crippen LogP contribution in [0.25, 0.3) is 0 Å². The summed E-state index contributed by atoms with van der Waals surface area (Å²) >= 11 is 0. The summed E-state index contributed by atoms with van der Waals surface area (Å²) < 4.78 is 26.0. The van der Waals surface area contributed by atoms with Crippen LogP contribution in [0.2, 0.25) is 0 Å². The van der Waals surface area contributed by atoms with Gasteiger partial charge >= 0.3 is 0 Å². The molecule has 1 aromatic carbocycles. The highest BCUT2D eigenvalue weighted by atomic mass is 19.3. The highest BCUT2D eigenvalue weighted by Gasteiger charge is 2.27. The van der Waals surface area contributed by atoms with Crippen molar-refractivity contribution < 1.29 is 13.9 Å². The number of aliphatic hydroxyl groups is 1. The van der Waals surface area contributed by atoms with E-state index in [2.05, 4.69) is 0 Å². The zero-order valence-corrected chi connectivity index (χ0v) is 10.3. The number of alkyl halides is 2. The first-order valence-electron chi connectivity index (χ1n) is 6.09. The van der Waals surface area contributed by atoms with Crippen LogP contribution in [0, 0.1) is 5.92 Å². The molecule has 100 valence electrons. The molecule has 1 aliphatic heterocycles. The maximum Gasteiger partial charge on any atom is 0.265 e. The van der Waals surface area contributed by atoms with Gasteiger partial charge in [0.15, 0.2) is 0 Å². The van der Waals surface area contributed by atoms with Gasteiger partial charge in [0.1, 0.15) is 0 Å². The smallest absolute Gasteiger partial charge is 0.265 e. The van der Waals surface area contributed by atoms with Gasteiger partial charge in [-0.15, -0.1) is 0 Å². The molecule has 1 fully saturated rings. The van der Waals surface area contributed by atoms with Crippen molar-refractivity contribution in [3.63, 3.8) is 0 Å². The quantitative estimate of drug-likeness (QED) is 0.799. The van der Waals surface area contributed by atoms with Crippen molar-refractivity contribution in [2.45, 2.75) is 25.9 Å². The average Bonchev–Trinajstić information content (AvgIpc) is 2.32. The third-order valence-corrected chi connectivity index (χ3v) is 3.49. The first-order valence-corrected chi connectivity index (χ1v) is 6.09. The van der Waals surface area contributed by atoms with Crippen LogP contribution in [-0.4, -0.2) is 24.3 Å². The summed E-state index contributed by atoms with van der Waals surface area (Å²) in [4.78, 5) is 1.90. The van der Waals surface area contributed by atoms with Crippen LogP contribution in [0.4, 0.5) is 20.2 Å². The van der Waals surface area contributed by atoms with Gasteiger partial charge in [0.25, 0.3) is 6.43 Å². The predicted molar refractivity (Wildman–Crippen MR) is 67.8 cm³/mol. The van der Waals surface area contributed by atoms with Gasteiger partial charge in [-0.25, -0.2) is 8.78 Å². The van der Waals surface area contributed by atoms with Crippen LogP contribution in [0.5, 0.6) is 0 Å². The summed E-state index contributed by atoms with van der Waals surface area (Å²) in [6.07, 6.45) is -2.27. The fraction of sp³-hybridized carbons (Fsp3) is 0.538.